The van der Waals surface area contributed by atoms with Gasteiger partial charge in [0.15, 0.2) is 5.54 Å². The number of halogens is 1. The fourth-order valence-electron chi connectivity index (χ4n) is 2.21. The van der Waals surface area contributed by atoms with Crippen molar-refractivity contribution >= 4 is 27.8 Å². The lowest BCUT2D eigenvalue weighted by Crippen LogP contribution is -2.55. The molecule has 1 unspecified atom stereocenters. The van der Waals surface area contributed by atoms with Crippen molar-refractivity contribution < 1.29 is 24.2 Å². The summed E-state index contributed by atoms with van der Waals surface area (Å²) in [5.41, 5.74) is -1.03. The van der Waals surface area contributed by atoms with Crippen LogP contribution in [0.3, 0.4) is 0 Å². The number of hydrogen-bond acceptors (Lipinski definition) is 4. The summed E-state index contributed by atoms with van der Waals surface area (Å²) >= 11 is 3.33. The molecule has 1 aromatic carbocycles. The normalized spacial score (nSPS) is 20.9. The molecule has 1 atom stereocenters. The number of benzene rings is 1. The van der Waals surface area contributed by atoms with Gasteiger partial charge in [0.1, 0.15) is 5.75 Å². The molecule has 1 aliphatic rings. The third-order valence-corrected chi connectivity index (χ3v) is 3.75. The average Bonchev–Trinajstić information content (AvgIpc) is 2.87. The number of aliphatic carboxylic acids is 1. The molecule has 120 valence electrons. The van der Waals surface area contributed by atoms with Crippen LogP contribution in [0.25, 0.3) is 0 Å². The zero-order chi connectivity index (χ0) is 16.3. The predicted octanol–water partition coefficient (Wildman–Crippen LogP) is 2.21. The Morgan fingerprint density at radius 1 is 1.41 bits per heavy atom. The van der Waals surface area contributed by atoms with E-state index in [1.807, 2.05) is 13.8 Å². The van der Waals surface area contributed by atoms with E-state index in [0.29, 0.717) is 22.4 Å². The molecule has 1 aliphatic heterocycles. The van der Waals surface area contributed by atoms with Crippen LogP contribution in [0, 0.1) is 0 Å². The molecule has 1 saturated heterocycles. The smallest absolute Gasteiger partial charge is 0.331 e. The first-order valence-electron chi connectivity index (χ1n) is 6.93. The minimum absolute atomic E-state index is 0.0289. The lowest BCUT2D eigenvalue weighted by Gasteiger charge is -2.24. The van der Waals surface area contributed by atoms with E-state index < -0.39 is 17.4 Å². The Morgan fingerprint density at radius 3 is 2.68 bits per heavy atom. The molecule has 1 amide bonds. The van der Waals surface area contributed by atoms with Crippen LogP contribution in [-0.2, 0) is 9.53 Å². The van der Waals surface area contributed by atoms with Gasteiger partial charge in [-0.05, 0) is 32.0 Å². The highest BCUT2D eigenvalue weighted by Gasteiger charge is 2.44. The summed E-state index contributed by atoms with van der Waals surface area (Å²) in [6.07, 6.45) is 0.219. The molecule has 22 heavy (non-hydrogen) atoms. The number of rotatable bonds is 5. The molecule has 1 aromatic rings. The Hall–Kier alpha value is -1.60. The molecule has 0 radical (unpaired) electrons. The van der Waals surface area contributed by atoms with Gasteiger partial charge in [0, 0.05) is 23.1 Å². The van der Waals surface area contributed by atoms with Crippen molar-refractivity contribution in [2.75, 3.05) is 13.2 Å². The standard InChI is InChI=1S/C15H18BrNO5/c1-9(2)22-12-6-10(5-11(16)7-12)13(18)17-15(14(19)20)3-4-21-8-15/h5-7,9H,3-4,8H2,1-2H3,(H,17,18)(H,19,20). The maximum absolute atomic E-state index is 12.4. The number of carboxylic acid groups (broad SMARTS) is 1. The van der Waals surface area contributed by atoms with Gasteiger partial charge in [-0.3, -0.25) is 4.79 Å². The molecule has 0 bridgehead atoms. The number of carbonyl (C=O) groups is 2. The second-order valence-electron chi connectivity index (χ2n) is 5.49. The number of hydrogen-bond donors (Lipinski definition) is 2. The summed E-state index contributed by atoms with van der Waals surface area (Å²) in [4.78, 5) is 23.8. The first-order chi connectivity index (χ1) is 10.3. The van der Waals surface area contributed by atoms with Crippen molar-refractivity contribution in [1.29, 1.82) is 0 Å². The Labute approximate surface area is 136 Å². The fourth-order valence-corrected chi connectivity index (χ4v) is 2.68. The van der Waals surface area contributed by atoms with E-state index in [4.69, 9.17) is 9.47 Å². The van der Waals surface area contributed by atoms with Crippen molar-refractivity contribution in [1.82, 2.24) is 5.32 Å². The topological polar surface area (TPSA) is 84.9 Å². The molecular weight excluding hydrogens is 354 g/mol. The van der Waals surface area contributed by atoms with Gasteiger partial charge in [-0.15, -0.1) is 0 Å². The molecule has 0 aliphatic carbocycles. The molecule has 2 N–H and O–H groups in total. The fraction of sp³-hybridized carbons (Fsp3) is 0.467. The zero-order valence-electron chi connectivity index (χ0n) is 12.4. The third-order valence-electron chi connectivity index (χ3n) is 3.29. The summed E-state index contributed by atoms with van der Waals surface area (Å²) < 4.78 is 11.4. The Bertz CT molecular complexity index is 581. The first-order valence-corrected chi connectivity index (χ1v) is 7.72. The SMILES string of the molecule is CC(C)Oc1cc(Br)cc(C(=O)NC2(C(=O)O)CCOC2)c1. The Kier molecular flexibility index (Phi) is 5.08. The number of carbonyl (C=O) groups excluding carboxylic acids is 1. The van der Waals surface area contributed by atoms with E-state index >= 15 is 0 Å². The summed E-state index contributed by atoms with van der Waals surface area (Å²) in [5, 5.41) is 11.9. The van der Waals surface area contributed by atoms with Gasteiger partial charge in [0.25, 0.3) is 5.91 Å². The third kappa shape index (κ3) is 3.78. The molecule has 0 spiro atoms. The summed E-state index contributed by atoms with van der Waals surface area (Å²) in [6, 6.07) is 4.96. The second kappa shape index (κ2) is 6.66. The van der Waals surface area contributed by atoms with E-state index in [0.717, 1.165) is 0 Å². The van der Waals surface area contributed by atoms with Crippen molar-refractivity contribution in [3.05, 3.63) is 28.2 Å². The van der Waals surface area contributed by atoms with Crippen LogP contribution in [0.1, 0.15) is 30.6 Å². The van der Waals surface area contributed by atoms with Crippen molar-refractivity contribution in [3.63, 3.8) is 0 Å². The van der Waals surface area contributed by atoms with Crippen LogP contribution in [0.5, 0.6) is 5.75 Å². The maximum Gasteiger partial charge on any atom is 0.331 e. The van der Waals surface area contributed by atoms with Crippen molar-refractivity contribution in [3.8, 4) is 5.75 Å². The molecule has 0 saturated carbocycles. The maximum atomic E-state index is 12.4. The molecule has 1 fully saturated rings. The molecule has 1 heterocycles. The molecule has 6 nitrogen and oxygen atoms in total. The second-order valence-corrected chi connectivity index (χ2v) is 6.40. The first kappa shape index (κ1) is 16.8. The highest BCUT2D eigenvalue weighted by molar-refractivity contribution is 9.10. The van der Waals surface area contributed by atoms with Gasteiger partial charge in [-0.25, -0.2) is 4.79 Å². The lowest BCUT2D eigenvalue weighted by atomic mass is 9.98. The van der Waals surface area contributed by atoms with Crippen LogP contribution >= 0.6 is 15.9 Å². The van der Waals surface area contributed by atoms with Gasteiger partial charge in [0.2, 0.25) is 0 Å². The number of carboxylic acids is 1. The van der Waals surface area contributed by atoms with Gasteiger partial charge in [0.05, 0.1) is 12.7 Å². The largest absolute Gasteiger partial charge is 0.491 e. The quantitative estimate of drug-likeness (QED) is 0.828. The summed E-state index contributed by atoms with van der Waals surface area (Å²) in [7, 11) is 0. The number of nitrogens with one attached hydrogen (secondary N) is 1. The van der Waals surface area contributed by atoms with Crippen LogP contribution in [0.2, 0.25) is 0 Å². The van der Waals surface area contributed by atoms with Crippen LogP contribution in [-0.4, -0.2) is 41.8 Å². The highest BCUT2D eigenvalue weighted by atomic mass is 79.9. The van der Waals surface area contributed by atoms with E-state index in [1.165, 1.54) is 0 Å². The van der Waals surface area contributed by atoms with Gasteiger partial charge in [-0.2, -0.15) is 0 Å². The van der Waals surface area contributed by atoms with Crippen LogP contribution < -0.4 is 10.1 Å². The minimum Gasteiger partial charge on any atom is -0.491 e. The lowest BCUT2D eigenvalue weighted by molar-refractivity contribution is -0.144. The number of ether oxygens (including phenoxy) is 2. The van der Waals surface area contributed by atoms with Gasteiger partial charge in [-0.1, -0.05) is 15.9 Å². The van der Waals surface area contributed by atoms with E-state index in [9.17, 15) is 14.7 Å². The Morgan fingerprint density at radius 2 is 2.14 bits per heavy atom. The van der Waals surface area contributed by atoms with E-state index in [2.05, 4.69) is 21.2 Å². The molecule has 0 aromatic heterocycles. The van der Waals surface area contributed by atoms with Crippen molar-refractivity contribution in [2.45, 2.75) is 31.9 Å². The average molecular weight is 372 g/mol. The van der Waals surface area contributed by atoms with Crippen molar-refractivity contribution in [2.24, 2.45) is 0 Å². The zero-order valence-corrected chi connectivity index (χ0v) is 14.0. The summed E-state index contributed by atoms with van der Waals surface area (Å²) in [6.45, 7) is 4.05. The van der Waals surface area contributed by atoms with Gasteiger partial charge < -0.3 is 19.9 Å². The van der Waals surface area contributed by atoms with Crippen LogP contribution in [0.15, 0.2) is 22.7 Å². The van der Waals surface area contributed by atoms with Gasteiger partial charge >= 0.3 is 5.97 Å². The minimum atomic E-state index is -1.36. The molecular formula is C15H18BrNO5. The Balaban J connectivity index is 2.22. The molecule has 7 heteroatoms. The monoisotopic (exact) mass is 371 g/mol. The predicted molar refractivity (Wildman–Crippen MR) is 83.2 cm³/mol. The van der Waals surface area contributed by atoms with E-state index in [1.54, 1.807) is 18.2 Å². The van der Waals surface area contributed by atoms with E-state index in [-0.39, 0.29) is 19.1 Å². The summed E-state index contributed by atoms with van der Waals surface area (Å²) in [5.74, 6) is -1.02. The van der Waals surface area contributed by atoms with Crippen LogP contribution in [0.4, 0.5) is 0 Å². The highest BCUT2D eigenvalue weighted by Crippen LogP contribution is 2.24. The number of amides is 1. The molecule has 2 rings (SSSR count).